The van der Waals surface area contributed by atoms with Crippen molar-refractivity contribution in [2.45, 2.75) is 20.4 Å². The monoisotopic (exact) mass is 326 g/mol. The minimum atomic E-state index is -0.501. The Labute approximate surface area is 137 Å². The molecule has 0 spiro atoms. The fourth-order valence-electron chi connectivity index (χ4n) is 2.40. The smallest absolute Gasteiger partial charge is 0.298 e. The van der Waals surface area contributed by atoms with Gasteiger partial charge in [-0.05, 0) is 19.4 Å². The molecule has 8 nitrogen and oxygen atoms in total. The first-order chi connectivity index (χ1) is 11.5. The van der Waals surface area contributed by atoms with E-state index in [1.165, 1.54) is 4.57 Å². The van der Waals surface area contributed by atoms with E-state index in [9.17, 15) is 9.59 Å². The molecule has 2 heterocycles. The van der Waals surface area contributed by atoms with Gasteiger partial charge >= 0.3 is 5.69 Å². The van der Waals surface area contributed by atoms with Crippen LogP contribution in [0, 0.1) is 0 Å². The molecule has 0 bridgehead atoms. The molecule has 0 aliphatic rings. The zero-order valence-corrected chi connectivity index (χ0v) is 13.7. The van der Waals surface area contributed by atoms with Crippen LogP contribution in [-0.2, 0) is 13.6 Å². The van der Waals surface area contributed by atoms with Crippen LogP contribution in [0.25, 0.3) is 11.2 Å². The summed E-state index contributed by atoms with van der Waals surface area (Å²) in [5.41, 5.74) is 4.35. The lowest BCUT2D eigenvalue weighted by molar-refractivity contribution is 0.808. The van der Waals surface area contributed by atoms with Crippen molar-refractivity contribution in [1.82, 2.24) is 19.1 Å². The van der Waals surface area contributed by atoms with Gasteiger partial charge in [0.05, 0.1) is 6.54 Å². The molecule has 1 aromatic carbocycles. The minimum absolute atomic E-state index is 0.311. The molecule has 3 aromatic rings. The van der Waals surface area contributed by atoms with E-state index in [0.29, 0.717) is 23.7 Å². The van der Waals surface area contributed by atoms with Crippen LogP contribution in [0.15, 0.2) is 45.0 Å². The topological polar surface area (TPSA) is 97.1 Å². The number of nitrogens with one attached hydrogen (secondary N) is 2. The van der Waals surface area contributed by atoms with Gasteiger partial charge in [0.15, 0.2) is 11.2 Å². The fraction of sp³-hybridized carbons (Fsp3) is 0.250. The van der Waals surface area contributed by atoms with Gasteiger partial charge in [0.1, 0.15) is 0 Å². The summed E-state index contributed by atoms with van der Waals surface area (Å²) in [6.45, 7) is 4.12. The normalized spacial score (nSPS) is 10.8. The van der Waals surface area contributed by atoms with Crippen LogP contribution in [0.3, 0.4) is 0 Å². The summed E-state index contributed by atoms with van der Waals surface area (Å²) in [6.07, 6.45) is 0. The van der Waals surface area contributed by atoms with Gasteiger partial charge in [0.2, 0.25) is 5.95 Å². The van der Waals surface area contributed by atoms with E-state index >= 15 is 0 Å². The third-order valence-electron chi connectivity index (χ3n) is 3.57. The zero-order chi connectivity index (χ0) is 17.3. The zero-order valence-electron chi connectivity index (χ0n) is 13.7. The molecule has 0 radical (unpaired) electrons. The molecule has 124 valence electrons. The molecular weight excluding hydrogens is 308 g/mol. The number of hydrazone groups is 1. The van der Waals surface area contributed by atoms with Gasteiger partial charge in [-0.2, -0.15) is 10.1 Å². The Hall–Kier alpha value is -3.16. The number of fused-ring (bicyclic) bond motifs is 1. The van der Waals surface area contributed by atoms with Crippen LogP contribution in [0.4, 0.5) is 5.95 Å². The van der Waals surface area contributed by atoms with E-state index in [-0.39, 0.29) is 0 Å². The number of nitrogens with zero attached hydrogens (tertiary/aromatic N) is 4. The van der Waals surface area contributed by atoms with Gasteiger partial charge in [0, 0.05) is 12.8 Å². The molecule has 2 N–H and O–H groups in total. The second-order valence-corrected chi connectivity index (χ2v) is 5.67. The Morgan fingerprint density at radius 3 is 2.62 bits per heavy atom. The van der Waals surface area contributed by atoms with Gasteiger partial charge < -0.3 is 0 Å². The number of aryl methyl sites for hydroxylation is 1. The largest absolute Gasteiger partial charge is 0.329 e. The van der Waals surface area contributed by atoms with Gasteiger partial charge in [-0.25, -0.2) is 10.2 Å². The van der Waals surface area contributed by atoms with E-state index < -0.39 is 11.2 Å². The van der Waals surface area contributed by atoms with E-state index in [1.807, 2.05) is 44.2 Å². The summed E-state index contributed by atoms with van der Waals surface area (Å²) >= 11 is 0. The van der Waals surface area contributed by atoms with E-state index in [0.717, 1.165) is 11.3 Å². The number of imidazole rings is 1. The number of rotatable bonds is 4. The van der Waals surface area contributed by atoms with Crippen LogP contribution in [0.5, 0.6) is 0 Å². The fourth-order valence-corrected chi connectivity index (χ4v) is 2.40. The third-order valence-corrected chi connectivity index (χ3v) is 3.57. The highest BCUT2D eigenvalue weighted by molar-refractivity contribution is 5.80. The van der Waals surface area contributed by atoms with Crippen LogP contribution in [0.2, 0.25) is 0 Å². The lowest BCUT2D eigenvalue weighted by atomic mass is 10.2. The molecule has 0 saturated carbocycles. The van der Waals surface area contributed by atoms with Crippen LogP contribution < -0.4 is 16.7 Å². The molecule has 0 aliphatic heterocycles. The standard InChI is InChI=1S/C16H18N6O2/c1-10(2)19-20-15-17-13-12(14(23)18-16(24)21(13)3)22(15)9-11-7-5-4-6-8-11/h4-8H,9H2,1-3H3,(H,17,20)(H,18,23,24). The SMILES string of the molecule is CC(C)=NNc1nc2c(c(=O)[nH]c(=O)n2C)n1Cc1ccccc1. The quantitative estimate of drug-likeness (QED) is 0.557. The van der Waals surface area contributed by atoms with E-state index in [1.54, 1.807) is 11.6 Å². The maximum Gasteiger partial charge on any atom is 0.329 e. The molecular formula is C16H18N6O2. The molecule has 0 fully saturated rings. The Bertz CT molecular complexity index is 1020. The summed E-state index contributed by atoms with van der Waals surface area (Å²) in [5, 5.41) is 4.16. The van der Waals surface area contributed by atoms with Crippen molar-refractivity contribution in [3.05, 3.63) is 56.7 Å². The predicted molar refractivity (Wildman–Crippen MR) is 93.5 cm³/mol. The number of aromatic nitrogens is 4. The van der Waals surface area contributed by atoms with Gasteiger partial charge in [-0.15, -0.1) is 0 Å². The van der Waals surface area contributed by atoms with Crippen LogP contribution in [0.1, 0.15) is 19.4 Å². The van der Waals surface area contributed by atoms with E-state index in [2.05, 4.69) is 20.5 Å². The van der Waals surface area contributed by atoms with Crippen molar-refractivity contribution in [2.24, 2.45) is 12.1 Å². The average Bonchev–Trinajstić information content (AvgIpc) is 2.91. The number of anilines is 1. The third kappa shape index (κ3) is 2.85. The molecule has 0 atom stereocenters. The second kappa shape index (κ2) is 6.15. The maximum absolute atomic E-state index is 12.3. The Morgan fingerprint density at radius 2 is 1.96 bits per heavy atom. The second-order valence-electron chi connectivity index (χ2n) is 5.67. The molecule has 8 heteroatoms. The minimum Gasteiger partial charge on any atom is -0.298 e. The summed E-state index contributed by atoms with van der Waals surface area (Å²) in [5.74, 6) is 0.404. The maximum atomic E-state index is 12.3. The summed E-state index contributed by atoms with van der Waals surface area (Å²) in [4.78, 5) is 30.8. The van der Waals surface area contributed by atoms with Crippen molar-refractivity contribution >= 4 is 22.8 Å². The first-order valence-corrected chi connectivity index (χ1v) is 7.47. The van der Waals surface area contributed by atoms with Gasteiger partial charge in [0.25, 0.3) is 5.56 Å². The average molecular weight is 326 g/mol. The van der Waals surface area contributed by atoms with Crippen molar-refractivity contribution in [3.63, 3.8) is 0 Å². The number of hydrogen-bond donors (Lipinski definition) is 2. The van der Waals surface area contributed by atoms with Crippen molar-refractivity contribution in [1.29, 1.82) is 0 Å². The van der Waals surface area contributed by atoms with Gasteiger partial charge in [-0.1, -0.05) is 30.3 Å². The van der Waals surface area contributed by atoms with Crippen molar-refractivity contribution in [2.75, 3.05) is 5.43 Å². The molecule has 0 aliphatic carbocycles. The number of H-pyrrole nitrogens is 1. The highest BCUT2D eigenvalue weighted by Crippen LogP contribution is 2.17. The molecule has 0 saturated heterocycles. The van der Waals surface area contributed by atoms with Crippen molar-refractivity contribution in [3.8, 4) is 0 Å². The highest BCUT2D eigenvalue weighted by atomic mass is 16.2. The number of aromatic amines is 1. The number of benzene rings is 1. The summed E-state index contributed by atoms with van der Waals surface area (Å²) in [6, 6.07) is 9.70. The summed E-state index contributed by atoms with van der Waals surface area (Å²) in [7, 11) is 1.57. The lowest BCUT2D eigenvalue weighted by Crippen LogP contribution is -2.29. The molecule has 0 amide bonds. The van der Waals surface area contributed by atoms with Crippen LogP contribution in [-0.4, -0.2) is 24.8 Å². The summed E-state index contributed by atoms with van der Waals surface area (Å²) < 4.78 is 3.03. The van der Waals surface area contributed by atoms with Crippen molar-refractivity contribution < 1.29 is 0 Å². The Kier molecular flexibility index (Phi) is 4.03. The molecule has 2 aromatic heterocycles. The first kappa shape index (κ1) is 15.7. The lowest BCUT2D eigenvalue weighted by Gasteiger charge is -2.08. The molecule has 24 heavy (non-hydrogen) atoms. The van der Waals surface area contributed by atoms with Gasteiger partial charge in [-0.3, -0.25) is 18.9 Å². The molecule has 3 rings (SSSR count). The van der Waals surface area contributed by atoms with Crippen LogP contribution >= 0.6 is 0 Å². The Morgan fingerprint density at radius 1 is 1.25 bits per heavy atom. The Balaban J connectivity index is 2.24. The van der Waals surface area contributed by atoms with E-state index in [4.69, 9.17) is 0 Å². The molecule has 0 unspecified atom stereocenters. The first-order valence-electron chi connectivity index (χ1n) is 7.47. The highest BCUT2D eigenvalue weighted by Gasteiger charge is 2.17. The number of hydrogen-bond acceptors (Lipinski definition) is 5. The predicted octanol–water partition coefficient (Wildman–Crippen LogP) is 1.28.